The molecular weight excluding hydrogens is 228 g/mol. The molecule has 1 aliphatic heterocycles. The Morgan fingerprint density at radius 2 is 1.56 bits per heavy atom. The first-order valence-corrected chi connectivity index (χ1v) is 7.28. The van der Waals surface area contributed by atoms with Gasteiger partial charge < -0.3 is 5.73 Å². The van der Waals surface area contributed by atoms with Crippen molar-refractivity contribution in [2.24, 2.45) is 17.6 Å². The summed E-state index contributed by atoms with van der Waals surface area (Å²) in [6.45, 7) is 0.434. The average Bonchev–Trinajstić information content (AvgIpc) is 2.96. The molecule has 0 aromatic heterocycles. The van der Waals surface area contributed by atoms with E-state index < -0.39 is 0 Å². The van der Waals surface area contributed by atoms with Gasteiger partial charge in [0.2, 0.25) is 11.8 Å². The number of fused-ring (bicyclic) bond motifs is 1. The van der Waals surface area contributed by atoms with E-state index in [2.05, 4.69) is 0 Å². The van der Waals surface area contributed by atoms with E-state index in [0.29, 0.717) is 6.54 Å². The van der Waals surface area contributed by atoms with Crippen molar-refractivity contribution in [3.05, 3.63) is 0 Å². The third-order valence-electron chi connectivity index (χ3n) is 5.23. The predicted molar refractivity (Wildman–Crippen MR) is 67.6 cm³/mol. The lowest BCUT2D eigenvalue weighted by Gasteiger charge is -2.43. The molecule has 2 saturated carbocycles. The number of imide groups is 1. The molecule has 4 nitrogen and oxygen atoms in total. The Balaban J connectivity index is 1.91. The number of hydrogen-bond donors (Lipinski definition) is 1. The fourth-order valence-electron chi connectivity index (χ4n) is 4.19. The molecule has 2 unspecified atom stereocenters. The van der Waals surface area contributed by atoms with Gasteiger partial charge >= 0.3 is 0 Å². The largest absolute Gasteiger partial charge is 0.328 e. The highest BCUT2D eigenvalue weighted by molar-refractivity contribution is 6.06. The fourth-order valence-corrected chi connectivity index (χ4v) is 4.19. The maximum Gasteiger partial charge on any atom is 0.233 e. The molecular formula is C14H22N2O2. The van der Waals surface area contributed by atoms with Crippen molar-refractivity contribution < 1.29 is 9.59 Å². The van der Waals surface area contributed by atoms with Crippen LogP contribution < -0.4 is 5.73 Å². The number of nitrogens with two attached hydrogens (primary N) is 1. The van der Waals surface area contributed by atoms with Crippen molar-refractivity contribution >= 4 is 11.8 Å². The van der Waals surface area contributed by atoms with Gasteiger partial charge in [0, 0.05) is 6.54 Å². The van der Waals surface area contributed by atoms with Crippen molar-refractivity contribution in [1.82, 2.24) is 4.90 Å². The molecule has 2 N–H and O–H groups in total. The minimum absolute atomic E-state index is 0.0251. The van der Waals surface area contributed by atoms with E-state index >= 15 is 0 Å². The molecule has 1 heterocycles. The summed E-state index contributed by atoms with van der Waals surface area (Å²) in [5.74, 6) is 0.107. The third kappa shape index (κ3) is 1.54. The standard InChI is InChI=1S/C14H22N2O2/c15-9-14(7-2-1-3-8-14)16-12(17)10-5-4-6-11(10)13(16)18/h10-11H,1-9,15H2. The minimum atomic E-state index is -0.350. The summed E-state index contributed by atoms with van der Waals surface area (Å²) in [6.07, 6.45) is 7.99. The number of amides is 2. The van der Waals surface area contributed by atoms with Crippen LogP contribution in [0.3, 0.4) is 0 Å². The van der Waals surface area contributed by atoms with Crippen LogP contribution in [0.15, 0.2) is 0 Å². The number of rotatable bonds is 2. The normalized spacial score (nSPS) is 35.1. The van der Waals surface area contributed by atoms with Gasteiger partial charge in [0.05, 0.1) is 17.4 Å². The topological polar surface area (TPSA) is 63.4 Å². The maximum absolute atomic E-state index is 12.5. The van der Waals surface area contributed by atoms with Crippen molar-refractivity contribution in [2.45, 2.75) is 56.9 Å². The van der Waals surface area contributed by atoms with Crippen LogP contribution in [0.2, 0.25) is 0 Å². The first-order valence-electron chi connectivity index (χ1n) is 7.28. The van der Waals surface area contributed by atoms with Crippen LogP contribution in [0.1, 0.15) is 51.4 Å². The van der Waals surface area contributed by atoms with Crippen LogP contribution in [0.5, 0.6) is 0 Å². The van der Waals surface area contributed by atoms with E-state index in [4.69, 9.17) is 5.73 Å². The van der Waals surface area contributed by atoms with E-state index in [1.165, 1.54) is 6.42 Å². The second-order valence-electron chi connectivity index (χ2n) is 6.14. The zero-order valence-corrected chi connectivity index (χ0v) is 10.9. The van der Waals surface area contributed by atoms with Crippen LogP contribution in [0.4, 0.5) is 0 Å². The van der Waals surface area contributed by atoms with Gasteiger partial charge in [-0.05, 0) is 25.7 Å². The quantitative estimate of drug-likeness (QED) is 0.754. The Hall–Kier alpha value is -0.900. The third-order valence-corrected chi connectivity index (χ3v) is 5.23. The summed E-state index contributed by atoms with van der Waals surface area (Å²) in [5, 5.41) is 0. The van der Waals surface area contributed by atoms with Crippen LogP contribution in [0, 0.1) is 11.8 Å². The maximum atomic E-state index is 12.5. The molecule has 0 aromatic carbocycles. The van der Waals surface area contributed by atoms with Gasteiger partial charge in [-0.25, -0.2) is 0 Å². The molecule has 18 heavy (non-hydrogen) atoms. The van der Waals surface area contributed by atoms with Gasteiger partial charge in [-0.1, -0.05) is 25.7 Å². The second kappa shape index (κ2) is 4.34. The molecule has 0 bridgehead atoms. The zero-order valence-electron chi connectivity index (χ0n) is 10.9. The molecule has 3 aliphatic rings. The fraction of sp³-hybridized carbons (Fsp3) is 0.857. The molecule has 1 saturated heterocycles. The van der Waals surface area contributed by atoms with Crippen molar-refractivity contribution in [3.8, 4) is 0 Å². The number of carbonyl (C=O) groups is 2. The van der Waals surface area contributed by atoms with Gasteiger partial charge in [0.25, 0.3) is 0 Å². The summed E-state index contributed by atoms with van der Waals surface area (Å²) in [6, 6.07) is 0. The number of hydrogen-bond acceptors (Lipinski definition) is 3. The van der Waals surface area contributed by atoms with E-state index in [-0.39, 0.29) is 29.2 Å². The van der Waals surface area contributed by atoms with Crippen LogP contribution >= 0.6 is 0 Å². The van der Waals surface area contributed by atoms with E-state index in [1.807, 2.05) is 0 Å². The van der Waals surface area contributed by atoms with Crippen LogP contribution in [0.25, 0.3) is 0 Å². The SMILES string of the molecule is NCC1(N2C(=O)C3CCCC3C2=O)CCCCC1. The highest BCUT2D eigenvalue weighted by Gasteiger charge is 2.56. The number of nitrogens with zero attached hydrogens (tertiary/aromatic N) is 1. The summed E-state index contributed by atoms with van der Waals surface area (Å²) >= 11 is 0. The molecule has 2 amide bonds. The van der Waals surface area contributed by atoms with Crippen molar-refractivity contribution in [2.75, 3.05) is 6.54 Å². The number of likely N-dealkylation sites (tertiary alicyclic amines) is 1. The number of carbonyl (C=O) groups excluding carboxylic acids is 2. The molecule has 2 atom stereocenters. The predicted octanol–water partition coefficient (Wildman–Crippen LogP) is 1.43. The molecule has 0 radical (unpaired) electrons. The van der Waals surface area contributed by atoms with Crippen LogP contribution in [-0.4, -0.2) is 28.8 Å². The molecule has 3 fully saturated rings. The Morgan fingerprint density at radius 3 is 2.06 bits per heavy atom. The molecule has 0 spiro atoms. The molecule has 100 valence electrons. The van der Waals surface area contributed by atoms with Gasteiger partial charge in [-0.15, -0.1) is 0 Å². The monoisotopic (exact) mass is 250 g/mol. The Labute approximate surface area is 108 Å². The highest BCUT2D eigenvalue weighted by Crippen LogP contribution is 2.45. The smallest absolute Gasteiger partial charge is 0.233 e. The van der Waals surface area contributed by atoms with E-state index in [0.717, 1.165) is 44.9 Å². The lowest BCUT2D eigenvalue weighted by atomic mass is 9.80. The second-order valence-corrected chi connectivity index (χ2v) is 6.14. The van der Waals surface area contributed by atoms with Crippen molar-refractivity contribution in [3.63, 3.8) is 0 Å². The zero-order chi connectivity index (χ0) is 12.8. The Bertz CT molecular complexity index is 352. The van der Waals surface area contributed by atoms with Gasteiger partial charge in [0.15, 0.2) is 0 Å². The Kier molecular flexibility index (Phi) is 2.93. The summed E-state index contributed by atoms with van der Waals surface area (Å²) < 4.78 is 0. The minimum Gasteiger partial charge on any atom is -0.328 e. The summed E-state index contributed by atoms with van der Waals surface area (Å²) in [7, 11) is 0. The first-order chi connectivity index (χ1) is 8.69. The highest BCUT2D eigenvalue weighted by atomic mass is 16.2. The average molecular weight is 250 g/mol. The van der Waals surface area contributed by atoms with E-state index in [1.54, 1.807) is 4.90 Å². The van der Waals surface area contributed by atoms with Crippen molar-refractivity contribution in [1.29, 1.82) is 0 Å². The van der Waals surface area contributed by atoms with Gasteiger partial charge in [0.1, 0.15) is 0 Å². The first kappa shape index (κ1) is 12.2. The van der Waals surface area contributed by atoms with E-state index in [9.17, 15) is 9.59 Å². The Morgan fingerprint density at radius 1 is 1.00 bits per heavy atom. The molecule has 3 rings (SSSR count). The summed E-state index contributed by atoms with van der Waals surface area (Å²) in [5.41, 5.74) is 5.60. The van der Waals surface area contributed by atoms with Crippen LogP contribution in [-0.2, 0) is 9.59 Å². The summed E-state index contributed by atoms with van der Waals surface area (Å²) in [4.78, 5) is 26.6. The molecule has 2 aliphatic carbocycles. The molecule has 0 aromatic rings. The van der Waals surface area contributed by atoms with Gasteiger partial charge in [-0.3, -0.25) is 14.5 Å². The lowest BCUT2D eigenvalue weighted by Crippen LogP contribution is -2.57. The van der Waals surface area contributed by atoms with Gasteiger partial charge in [-0.2, -0.15) is 0 Å². The lowest BCUT2D eigenvalue weighted by molar-refractivity contribution is -0.149. The molecule has 4 heteroatoms.